The van der Waals surface area contributed by atoms with E-state index >= 15 is 0 Å². The van der Waals surface area contributed by atoms with Crippen molar-refractivity contribution >= 4 is 11.9 Å². The zero-order chi connectivity index (χ0) is 14.3. The highest BCUT2D eigenvalue weighted by molar-refractivity contribution is 5.83. The molecule has 1 saturated heterocycles. The van der Waals surface area contributed by atoms with E-state index in [4.69, 9.17) is 4.74 Å². The first-order chi connectivity index (χ1) is 9.61. The van der Waals surface area contributed by atoms with E-state index in [1.807, 2.05) is 4.90 Å². The highest BCUT2D eigenvalue weighted by atomic mass is 16.5. The summed E-state index contributed by atoms with van der Waals surface area (Å²) < 4.78 is 4.73. The van der Waals surface area contributed by atoms with Gasteiger partial charge in [-0.3, -0.25) is 9.59 Å². The first kappa shape index (κ1) is 13.6. The van der Waals surface area contributed by atoms with Gasteiger partial charge in [-0.2, -0.15) is 0 Å². The van der Waals surface area contributed by atoms with Crippen LogP contribution in [0.1, 0.15) is 38.5 Å². The van der Waals surface area contributed by atoms with Crippen LogP contribution >= 0.6 is 0 Å². The number of allylic oxidation sites excluding steroid dienone is 1. The number of amides is 1. The first-order valence-corrected chi connectivity index (χ1v) is 7.39. The van der Waals surface area contributed by atoms with Crippen molar-refractivity contribution < 1.29 is 19.4 Å². The minimum absolute atomic E-state index is 0.00144. The van der Waals surface area contributed by atoms with E-state index in [0.717, 1.165) is 31.5 Å². The lowest BCUT2D eigenvalue weighted by molar-refractivity contribution is -0.143. The lowest BCUT2D eigenvalue weighted by Gasteiger charge is -2.35. The van der Waals surface area contributed by atoms with E-state index in [1.165, 1.54) is 12.7 Å². The standard InChI is InChI=1S/C15H21NO4/c1-20-14(19)8-10-11-7-13(18)16-5-3-2-4-9(15(11)16)6-12(10)17/h10-12,17H,2-8H2,1H3/t10-,11-,12-/m1/s1. The number of esters is 1. The molecule has 0 aromatic rings. The Hall–Kier alpha value is -1.36. The second-order valence-electron chi connectivity index (χ2n) is 6.02. The van der Waals surface area contributed by atoms with Crippen molar-refractivity contribution in [1.82, 2.24) is 4.90 Å². The number of ether oxygens (including phenoxy) is 1. The maximum Gasteiger partial charge on any atom is 0.305 e. The van der Waals surface area contributed by atoms with Crippen LogP contribution in [0.5, 0.6) is 0 Å². The smallest absolute Gasteiger partial charge is 0.305 e. The summed E-state index contributed by atoms with van der Waals surface area (Å²) in [6.45, 7) is 0.787. The van der Waals surface area contributed by atoms with Gasteiger partial charge in [-0.25, -0.2) is 0 Å². The molecule has 1 fully saturated rings. The Bertz CT molecular complexity index is 470. The molecular formula is C15H21NO4. The average molecular weight is 279 g/mol. The molecule has 0 saturated carbocycles. The quantitative estimate of drug-likeness (QED) is 0.772. The Morgan fingerprint density at radius 2 is 2.20 bits per heavy atom. The summed E-state index contributed by atoms with van der Waals surface area (Å²) in [6, 6.07) is 0. The maximum atomic E-state index is 12.2. The van der Waals surface area contributed by atoms with Crippen LogP contribution < -0.4 is 0 Å². The Morgan fingerprint density at radius 3 is 2.95 bits per heavy atom. The van der Waals surface area contributed by atoms with E-state index in [0.29, 0.717) is 12.8 Å². The third kappa shape index (κ3) is 2.14. The van der Waals surface area contributed by atoms with Gasteiger partial charge in [-0.05, 0) is 31.3 Å². The van der Waals surface area contributed by atoms with Crippen LogP contribution in [0.15, 0.2) is 11.3 Å². The molecule has 0 aromatic carbocycles. The number of carbonyl (C=O) groups excluding carboxylic acids is 2. The van der Waals surface area contributed by atoms with E-state index in [9.17, 15) is 14.7 Å². The second kappa shape index (κ2) is 5.20. The minimum atomic E-state index is -0.538. The van der Waals surface area contributed by atoms with Gasteiger partial charge in [0.15, 0.2) is 0 Å². The molecule has 3 rings (SSSR count). The van der Waals surface area contributed by atoms with E-state index < -0.39 is 6.10 Å². The molecule has 5 heteroatoms. The topological polar surface area (TPSA) is 66.8 Å². The molecule has 0 unspecified atom stereocenters. The molecule has 110 valence electrons. The molecule has 5 nitrogen and oxygen atoms in total. The maximum absolute atomic E-state index is 12.2. The fourth-order valence-corrected chi connectivity index (χ4v) is 3.95. The molecular weight excluding hydrogens is 258 g/mol. The van der Waals surface area contributed by atoms with Gasteiger partial charge in [0.1, 0.15) is 0 Å². The van der Waals surface area contributed by atoms with Crippen LogP contribution in [0.3, 0.4) is 0 Å². The molecule has 0 spiro atoms. The molecule has 1 N–H and O–H groups in total. The van der Waals surface area contributed by atoms with Crippen LogP contribution in [0.2, 0.25) is 0 Å². The number of hydrogen-bond donors (Lipinski definition) is 1. The predicted molar refractivity (Wildman–Crippen MR) is 71.4 cm³/mol. The molecule has 20 heavy (non-hydrogen) atoms. The van der Waals surface area contributed by atoms with Gasteiger partial charge in [-0.15, -0.1) is 0 Å². The average Bonchev–Trinajstić information content (AvgIpc) is 2.61. The monoisotopic (exact) mass is 279 g/mol. The lowest BCUT2D eigenvalue weighted by atomic mass is 9.74. The molecule has 3 atom stereocenters. The molecule has 1 amide bonds. The number of nitrogens with zero attached hydrogens (tertiary/aromatic N) is 1. The third-order valence-electron chi connectivity index (χ3n) is 4.91. The molecule has 3 aliphatic rings. The largest absolute Gasteiger partial charge is 0.469 e. The minimum Gasteiger partial charge on any atom is -0.469 e. The first-order valence-electron chi connectivity index (χ1n) is 7.39. The van der Waals surface area contributed by atoms with Gasteiger partial charge in [0.2, 0.25) is 5.91 Å². The Balaban J connectivity index is 1.93. The van der Waals surface area contributed by atoms with Crippen LogP contribution in [-0.4, -0.2) is 41.6 Å². The normalized spacial score (nSPS) is 33.0. The SMILES string of the molecule is COC(=O)C[C@H]1[C@H](O)CC2=C3[C@@H]1CC(=O)N3CCCC2. The van der Waals surface area contributed by atoms with Gasteiger partial charge in [0.05, 0.1) is 19.6 Å². The summed E-state index contributed by atoms with van der Waals surface area (Å²) in [4.78, 5) is 25.7. The summed E-state index contributed by atoms with van der Waals surface area (Å²) in [7, 11) is 1.36. The predicted octanol–water partition coefficient (Wildman–Crippen LogP) is 1.22. The van der Waals surface area contributed by atoms with Gasteiger partial charge in [-0.1, -0.05) is 0 Å². The van der Waals surface area contributed by atoms with Crippen molar-refractivity contribution in [3.63, 3.8) is 0 Å². The lowest BCUT2D eigenvalue weighted by Crippen LogP contribution is -2.36. The van der Waals surface area contributed by atoms with Crippen molar-refractivity contribution in [3.8, 4) is 0 Å². The number of aliphatic hydroxyl groups is 1. The Kier molecular flexibility index (Phi) is 3.54. The van der Waals surface area contributed by atoms with Crippen molar-refractivity contribution in [2.45, 2.75) is 44.6 Å². The summed E-state index contributed by atoms with van der Waals surface area (Å²) >= 11 is 0. The Morgan fingerprint density at radius 1 is 1.40 bits per heavy atom. The van der Waals surface area contributed by atoms with Crippen molar-refractivity contribution in [2.24, 2.45) is 11.8 Å². The summed E-state index contributed by atoms with van der Waals surface area (Å²) in [5.41, 5.74) is 2.35. The Labute approximate surface area is 118 Å². The van der Waals surface area contributed by atoms with Gasteiger partial charge in [0.25, 0.3) is 0 Å². The molecule has 2 aliphatic heterocycles. The third-order valence-corrected chi connectivity index (χ3v) is 4.91. The van der Waals surface area contributed by atoms with E-state index in [1.54, 1.807) is 0 Å². The van der Waals surface area contributed by atoms with Crippen LogP contribution in [0, 0.1) is 11.8 Å². The van der Waals surface area contributed by atoms with Crippen LogP contribution in [-0.2, 0) is 14.3 Å². The van der Waals surface area contributed by atoms with E-state index in [-0.39, 0.29) is 30.1 Å². The fraction of sp³-hybridized carbons (Fsp3) is 0.733. The number of rotatable bonds is 2. The molecule has 1 aliphatic carbocycles. The van der Waals surface area contributed by atoms with Gasteiger partial charge in [0, 0.05) is 30.5 Å². The summed E-state index contributed by atoms with van der Waals surface area (Å²) in [5, 5.41) is 10.4. The number of methoxy groups -OCH3 is 1. The molecule has 0 bridgehead atoms. The zero-order valence-electron chi connectivity index (χ0n) is 11.8. The number of hydrogen-bond acceptors (Lipinski definition) is 4. The number of aliphatic hydroxyl groups excluding tert-OH is 1. The molecule has 0 aromatic heterocycles. The highest BCUT2D eigenvalue weighted by Gasteiger charge is 2.47. The summed E-state index contributed by atoms with van der Waals surface area (Å²) in [6.07, 6.45) is 3.74. The van der Waals surface area contributed by atoms with Crippen molar-refractivity contribution in [3.05, 3.63) is 11.3 Å². The van der Waals surface area contributed by atoms with Crippen LogP contribution in [0.4, 0.5) is 0 Å². The fourth-order valence-electron chi connectivity index (χ4n) is 3.95. The van der Waals surface area contributed by atoms with Crippen LogP contribution in [0.25, 0.3) is 0 Å². The summed E-state index contributed by atoms with van der Waals surface area (Å²) in [5.74, 6) is -0.349. The van der Waals surface area contributed by atoms with E-state index in [2.05, 4.69) is 0 Å². The second-order valence-corrected chi connectivity index (χ2v) is 6.02. The van der Waals surface area contributed by atoms with Gasteiger partial charge < -0.3 is 14.7 Å². The molecule has 2 heterocycles. The zero-order valence-corrected chi connectivity index (χ0v) is 11.8. The van der Waals surface area contributed by atoms with Crippen molar-refractivity contribution in [1.29, 1.82) is 0 Å². The number of carbonyl (C=O) groups is 2. The highest BCUT2D eigenvalue weighted by Crippen LogP contribution is 2.47. The van der Waals surface area contributed by atoms with Gasteiger partial charge >= 0.3 is 5.97 Å². The molecule has 0 radical (unpaired) electrons. The van der Waals surface area contributed by atoms with Crippen molar-refractivity contribution in [2.75, 3.05) is 13.7 Å².